The van der Waals surface area contributed by atoms with Crippen molar-refractivity contribution >= 4 is 28.8 Å². The Bertz CT molecular complexity index is 929. The zero-order valence-corrected chi connectivity index (χ0v) is 16.6. The van der Waals surface area contributed by atoms with Crippen LogP contribution in [0.2, 0.25) is 5.02 Å². The van der Waals surface area contributed by atoms with E-state index in [2.05, 4.69) is 4.98 Å². The highest BCUT2D eigenvalue weighted by atomic mass is 35.5. The summed E-state index contributed by atoms with van der Waals surface area (Å²) in [6.07, 6.45) is 0. The van der Waals surface area contributed by atoms with E-state index in [4.69, 9.17) is 21.1 Å². The number of rotatable bonds is 7. The highest BCUT2D eigenvalue weighted by Crippen LogP contribution is 2.32. The van der Waals surface area contributed by atoms with E-state index in [1.54, 1.807) is 36.6 Å². The van der Waals surface area contributed by atoms with Crippen LogP contribution in [-0.2, 0) is 0 Å². The van der Waals surface area contributed by atoms with E-state index in [-0.39, 0.29) is 5.91 Å². The molecule has 0 radical (unpaired) electrons. The average molecular weight is 403 g/mol. The van der Waals surface area contributed by atoms with Crippen molar-refractivity contribution in [3.05, 3.63) is 64.6 Å². The second kappa shape index (κ2) is 8.88. The zero-order valence-electron chi connectivity index (χ0n) is 15.0. The van der Waals surface area contributed by atoms with E-state index in [9.17, 15) is 4.79 Å². The van der Waals surface area contributed by atoms with Crippen LogP contribution < -0.4 is 9.47 Å². The van der Waals surface area contributed by atoms with Gasteiger partial charge in [0.1, 0.15) is 28.8 Å². The molecular formula is C20H19ClN2O3S. The summed E-state index contributed by atoms with van der Waals surface area (Å²) in [5.41, 5.74) is 1.28. The number of benzene rings is 2. The first-order valence-electron chi connectivity index (χ1n) is 8.31. The Balaban J connectivity index is 1.61. The van der Waals surface area contributed by atoms with Gasteiger partial charge < -0.3 is 14.4 Å². The van der Waals surface area contributed by atoms with Crippen molar-refractivity contribution in [3.63, 3.8) is 0 Å². The molecule has 3 aromatic rings. The third-order valence-corrected chi connectivity index (χ3v) is 5.01. The predicted molar refractivity (Wildman–Crippen MR) is 108 cm³/mol. The molecule has 0 spiro atoms. The van der Waals surface area contributed by atoms with Gasteiger partial charge in [-0.3, -0.25) is 4.79 Å². The van der Waals surface area contributed by atoms with E-state index in [1.807, 2.05) is 36.4 Å². The SMILES string of the molecule is COc1ccccc1-c1nc(C(=O)N(C)CCOc2cccc(Cl)c2)cs1. The first-order valence-corrected chi connectivity index (χ1v) is 9.57. The van der Waals surface area contributed by atoms with Crippen molar-refractivity contribution in [2.75, 3.05) is 27.3 Å². The number of amides is 1. The molecular weight excluding hydrogens is 384 g/mol. The fraction of sp³-hybridized carbons (Fsp3) is 0.200. The maximum absolute atomic E-state index is 12.6. The van der Waals surface area contributed by atoms with Crippen molar-refractivity contribution in [2.24, 2.45) is 0 Å². The maximum Gasteiger partial charge on any atom is 0.273 e. The highest BCUT2D eigenvalue weighted by Gasteiger charge is 2.17. The lowest BCUT2D eigenvalue weighted by molar-refractivity contribution is 0.0769. The number of hydrogen-bond donors (Lipinski definition) is 0. The molecule has 7 heteroatoms. The van der Waals surface area contributed by atoms with E-state index in [1.165, 1.54) is 11.3 Å². The second-order valence-electron chi connectivity index (χ2n) is 5.77. The summed E-state index contributed by atoms with van der Waals surface area (Å²) < 4.78 is 11.0. The van der Waals surface area contributed by atoms with E-state index in [0.717, 1.165) is 16.3 Å². The van der Waals surface area contributed by atoms with Crippen LogP contribution in [0.25, 0.3) is 10.6 Å². The van der Waals surface area contributed by atoms with Gasteiger partial charge in [-0.15, -0.1) is 11.3 Å². The van der Waals surface area contributed by atoms with Gasteiger partial charge in [0.05, 0.1) is 19.2 Å². The van der Waals surface area contributed by atoms with Crippen LogP contribution in [0.4, 0.5) is 0 Å². The molecule has 0 saturated carbocycles. The van der Waals surface area contributed by atoms with Crippen LogP contribution in [0, 0.1) is 0 Å². The van der Waals surface area contributed by atoms with Gasteiger partial charge in [0.2, 0.25) is 0 Å². The largest absolute Gasteiger partial charge is 0.496 e. The molecule has 0 fully saturated rings. The first-order chi connectivity index (χ1) is 13.1. The third-order valence-electron chi connectivity index (χ3n) is 3.90. The number of thiazole rings is 1. The summed E-state index contributed by atoms with van der Waals surface area (Å²) in [7, 11) is 3.35. The van der Waals surface area contributed by atoms with Crippen molar-refractivity contribution in [3.8, 4) is 22.1 Å². The third kappa shape index (κ3) is 4.78. The molecule has 0 saturated heterocycles. The molecule has 1 heterocycles. The minimum absolute atomic E-state index is 0.151. The van der Waals surface area contributed by atoms with Gasteiger partial charge in [0.15, 0.2) is 0 Å². The Hall–Kier alpha value is -2.57. The van der Waals surface area contributed by atoms with Crippen molar-refractivity contribution in [1.29, 1.82) is 0 Å². The molecule has 0 aliphatic rings. The predicted octanol–water partition coefficient (Wildman–Crippen LogP) is 4.62. The minimum atomic E-state index is -0.151. The molecule has 140 valence electrons. The van der Waals surface area contributed by atoms with Gasteiger partial charge in [-0.25, -0.2) is 4.98 Å². The molecule has 27 heavy (non-hydrogen) atoms. The number of nitrogens with zero attached hydrogens (tertiary/aromatic N) is 2. The lowest BCUT2D eigenvalue weighted by Gasteiger charge is -2.16. The first kappa shape index (κ1) is 19.2. The zero-order chi connectivity index (χ0) is 19.2. The molecule has 2 aromatic carbocycles. The van der Waals surface area contributed by atoms with Gasteiger partial charge in [-0.05, 0) is 30.3 Å². The lowest BCUT2D eigenvalue weighted by atomic mass is 10.2. The van der Waals surface area contributed by atoms with Gasteiger partial charge >= 0.3 is 0 Å². The van der Waals surface area contributed by atoms with Gasteiger partial charge in [-0.1, -0.05) is 29.8 Å². The summed E-state index contributed by atoms with van der Waals surface area (Å²) in [6, 6.07) is 14.8. The standard InChI is InChI=1S/C20H19ClN2O3S/c1-23(10-11-26-15-7-5-6-14(21)12-15)20(24)17-13-27-19(22-17)16-8-3-4-9-18(16)25-2/h3-9,12-13H,10-11H2,1-2H3. The van der Waals surface area contributed by atoms with Crippen molar-refractivity contribution < 1.29 is 14.3 Å². The topological polar surface area (TPSA) is 51.7 Å². The molecule has 0 aliphatic heterocycles. The monoisotopic (exact) mass is 402 g/mol. The number of methoxy groups -OCH3 is 1. The van der Waals surface area contributed by atoms with Crippen molar-refractivity contribution in [1.82, 2.24) is 9.88 Å². The molecule has 1 aromatic heterocycles. The van der Waals surface area contributed by atoms with E-state index < -0.39 is 0 Å². The quantitative estimate of drug-likeness (QED) is 0.578. The maximum atomic E-state index is 12.6. The van der Waals surface area contributed by atoms with Gasteiger partial charge in [-0.2, -0.15) is 0 Å². The number of aromatic nitrogens is 1. The molecule has 0 unspecified atom stereocenters. The molecule has 0 atom stereocenters. The van der Waals surface area contributed by atoms with Crippen LogP contribution in [0.1, 0.15) is 10.5 Å². The number of halogens is 1. The Morgan fingerprint density at radius 1 is 1.22 bits per heavy atom. The Morgan fingerprint density at radius 3 is 2.81 bits per heavy atom. The Kier molecular flexibility index (Phi) is 6.32. The van der Waals surface area contributed by atoms with Gasteiger partial charge in [0, 0.05) is 17.5 Å². The van der Waals surface area contributed by atoms with Crippen LogP contribution in [0.15, 0.2) is 53.9 Å². The lowest BCUT2D eigenvalue weighted by Crippen LogP contribution is -2.31. The van der Waals surface area contributed by atoms with Crippen molar-refractivity contribution in [2.45, 2.75) is 0 Å². The summed E-state index contributed by atoms with van der Waals surface area (Å²) in [5.74, 6) is 1.26. The second-order valence-corrected chi connectivity index (χ2v) is 7.07. The van der Waals surface area contributed by atoms with E-state index in [0.29, 0.717) is 29.6 Å². The molecule has 0 aliphatic carbocycles. The molecule has 5 nitrogen and oxygen atoms in total. The number of carbonyl (C=O) groups excluding carboxylic acids is 1. The van der Waals surface area contributed by atoms with Crippen LogP contribution in [-0.4, -0.2) is 43.1 Å². The summed E-state index contributed by atoms with van der Waals surface area (Å²) in [6.45, 7) is 0.805. The number of para-hydroxylation sites is 1. The molecule has 0 N–H and O–H groups in total. The highest BCUT2D eigenvalue weighted by molar-refractivity contribution is 7.13. The molecule has 0 bridgehead atoms. The van der Waals surface area contributed by atoms with Crippen LogP contribution in [0.3, 0.4) is 0 Å². The number of likely N-dealkylation sites (N-methyl/N-ethyl adjacent to an activating group) is 1. The fourth-order valence-electron chi connectivity index (χ4n) is 2.47. The summed E-state index contributed by atoms with van der Waals surface area (Å²) in [4.78, 5) is 18.7. The molecule has 3 rings (SSSR count). The molecule has 1 amide bonds. The number of hydrogen-bond acceptors (Lipinski definition) is 5. The van der Waals surface area contributed by atoms with E-state index >= 15 is 0 Å². The average Bonchev–Trinajstić information content (AvgIpc) is 3.17. The number of ether oxygens (including phenoxy) is 2. The Morgan fingerprint density at radius 2 is 2.04 bits per heavy atom. The van der Waals surface area contributed by atoms with Gasteiger partial charge in [0.25, 0.3) is 5.91 Å². The summed E-state index contributed by atoms with van der Waals surface area (Å²) in [5, 5.41) is 3.13. The normalized spacial score (nSPS) is 10.5. The van der Waals surface area contributed by atoms with Crippen LogP contribution in [0.5, 0.6) is 11.5 Å². The Labute approximate surface area is 167 Å². The smallest absolute Gasteiger partial charge is 0.273 e. The summed E-state index contributed by atoms with van der Waals surface area (Å²) >= 11 is 7.35. The van der Waals surface area contributed by atoms with Crippen LogP contribution >= 0.6 is 22.9 Å². The minimum Gasteiger partial charge on any atom is -0.496 e. The number of carbonyl (C=O) groups is 1. The fourth-order valence-corrected chi connectivity index (χ4v) is 3.48.